The van der Waals surface area contributed by atoms with Crippen LogP contribution in [0.15, 0.2) is 30.3 Å². The minimum atomic E-state index is -0.313. The molecule has 0 saturated carbocycles. The summed E-state index contributed by atoms with van der Waals surface area (Å²) in [5.41, 5.74) is 6.04. The summed E-state index contributed by atoms with van der Waals surface area (Å²) in [5, 5.41) is 0. The maximum Gasteiger partial charge on any atom is 0.119 e. The Balaban J connectivity index is 2.03. The average molecular weight is 376 g/mol. The number of benzene rings is 1. The quantitative estimate of drug-likeness (QED) is 0.284. The fourth-order valence-corrected chi connectivity index (χ4v) is 3.59. The molecule has 0 saturated heterocycles. The normalized spacial score (nSPS) is 12.9. The lowest BCUT2D eigenvalue weighted by atomic mass is 9.93. The summed E-state index contributed by atoms with van der Waals surface area (Å²) in [6.45, 7) is 6.43. The second-order valence-corrected chi connectivity index (χ2v) is 8.77. The maximum atomic E-state index is 6.35. The molecule has 156 valence electrons. The molecule has 0 aliphatic heterocycles. The third-order valence-corrected chi connectivity index (χ3v) is 5.42. The van der Waals surface area contributed by atoms with Gasteiger partial charge in [-0.1, -0.05) is 102 Å². The van der Waals surface area contributed by atoms with Crippen LogP contribution >= 0.6 is 0 Å². The van der Waals surface area contributed by atoms with E-state index in [1.807, 2.05) is 30.3 Å². The first-order chi connectivity index (χ1) is 13.0. The molecular weight excluding hydrogens is 330 g/mol. The highest BCUT2D eigenvalue weighted by Crippen LogP contribution is 2.22. The van der Waals surface area contributed by atoms with E-state index in [1.54, 1.807) is 0 Å². The Morgan fingerprint density at radius 3 is 1.63 bits per heavy atom. The van der Waals surface area contributed by atoms with Crippen LogP contribution in [0.25, 0.3) is 0 Å². The van der Waals surface area contributed by atoms with Crippen molar-refractivity contribution in [2.45, 2.75) is 122 Å². The van der Waals surface area contributed by atoms with E-state index in [0.29, 0.717) is 0 Å². The van der Waals surface area contributed by atoms with Gasteiger partial charge in [-0.3, -0.25) is 0 Å². The monoisotopic (exact) mass is 375 g/mol. The Hall–Kier alpha value is -1.02. The summed E-state index contributed by atoms with van der Waals surface area (Å²) in [5.74, 6) is 0.927. The molecule has 1 atom stereocenters. The molecule has 0 aliphatic carbocycles. The zero-order chi connectivity index (χ0) is 19.8. The van der Waals surface area contributed by atoms with Crippen molar-refractivity contribution in [2.24, 2.45) is 5.73 Å². The van der Waals surface area contributed by atoms with Crippen LogP contribution in [0.5, 0.6) is 5.75 Å². The molecule has 0 bridgehead atoms. The minimum Gasteiger partial charge on any atom is -0.489 e. The lowest BCUT2D eigenvalue weighted by Crippen LogP contribution is -2.48. The third-order valence-electron chi connectivity index (χ3n) is 5.42. The van der Waals surface area contributed by atoms with Crippen molar-refractivity contribution in [3.05, 3.63) is 30.3 Å². The Kier molecular flexibility index (Phi) is 13.3. The standard InChI is InChI=1S/C25H45NO/c1-4-5-6-7-8-9-10-11-12-13-14-15-19-22-24(25(2,3)26)27-23-20-17-16-18-21-23/h16-18,20-21,24H,4-15,19,22,26H2,1-3H3. The van der Waals surface area contributed by atoms with Gasteiger partial charge in [0.25, 0.3) is 0 Å². The molecular formula is C25H45NO. The number of ether oxygens (including phenoxy) is 1. The summed E-state index contributed by atoms with van der Waals surface area (Å²) < 4.78 is 6.16. The first-order valence-electron chi connectivity index (χ1n) is 11.5. The molecule has 2 heteroatoms. The van der Waals surface area contributed by atoms with E-state index in [2.05, 4.69) is 20.8 Å². The van der Waals surface area contributed by atoms with Gasteiger partial charge in [-0.25, -0.2) is 0 Å². The van der Waals surface area contributed by atoms with Crippen LogP contribution in [0.4, 0.5) is 0 Å². The van der Waals surface area contributed by atoms with Crippen LogP contribution in [0, 0.1) is 0 Å². The molecule has 0 aromatic heterocycles. The smallest absolute Gasteiger partial charge is 0.119 e. The fourth-order valence-electron chi connectivity index (χ4n) is 3.59. The van der Waals surface area contributed by atoms with Crippen LogP contribution in [0.1, 0.15) is 111 Å². The van der Waals surface area contributed by atoms with Crippen LogP contribution in [0.3, 0.4) is 0 Å². The van der Waals surface area contributed by atoms with Crippen molar-refractivity contribution in [3.8, 4) is 5.75 Å². The topological polar surface area (TPSA) is 35.2 Å². The highest BCUT2D eigenvalue weighted by atomic mass is 16.5. The highest BCUT2D eigenvalue weighted by Gasteiger charge is 2.26. The van der Waals surface area contributed by atoms with Gasteiger partial charge in [-0.05, 0) is 38.8 Å². The first-order valence-corrected chi connectivity index (χ1v) is 11.5. The number of hydrogen-bond acceptors (Lipinski definition) is 2. The van der Waals surface area contributed by atoms with E-state index < -0.39 is 0 Å². The second-order valence-electron chi connectivity index (χ2n) is 8.77. The van der Waals surface area contributed by atoms with Crippen molar-refractivity contribution in [3.63, 3.8) is 0 Å². The molecule has 1 rings (SSSR count). The second kappa shape index (κ2) is 15.0. The Bertz CT molecular complexity index is 437. The molecule has 0 spiro atoms. The van der Waals surface area contributed by atoms with E-state index in [1.165, 1.54) is 83.5 Å². The van der Waals surface area contributed by atoms with Gasteiger partial charge < -0.3 is 10.5 Å². The third kappa shape index (κ3) is 12.9. The minimum absolute atomic E-state index is 0.0765. The van der Waals surface area contributed by atoms with E-state index >= 15 is 0 Å². The number of hydrogen-bond donors (Lipinski definition) is 1. The number of rotatable bonds is 17. The molecule has 0 aliphatic rings. The predicted molar refractivity (Wildman–Crippen MR) is 119 cm³/mol. The molecule has 2 N–H and O–H groups in total. The van der Waals surface area contributed by atoms with Crippen LogP contribution in [-0.4, -0.2) is 11.6 Å². The average Bonchev–Trinajstić information content (AvgIpc) is 2.64. The molecule has 0 radical (unpaired) electrons. The molecule has 27 heavy (non-hydrogen) atoms. The van der Waals surface area contributed by atoms with Crippen molar-refractivity contribution in [2.75, 3.05) is 0 Å². The van der Waals surface area contributed by atoms with Crippen LogP contribution in [-0.2, 0) is 0 Å². The summed E-state index contributed by atoms with van der Waals surface area (Å²) >= 11 is 0. The fraction of sp³-hybridized carbons (Fsp3) is 0.760. The van der Waals surface area contributed by atoms with Gasteiger partial charge >= 0.3 is 0 Å². The van der Waals surface area contributed by atoms with Crippen molar-refractivity contribution >= 4 is 0 Å². The predicted octanol–water partition coefficient (Wildman–Crippen LogP) is 7.65. The number of para-hydroxylation sites is 1. The van der Waals surface area contributed by atoms with Gasteiger partial charge in [-0.15, -0.1) is 0 Å². The van der Waals surface area contributed by atoms with Gasteiger partial charge in [0, 0.05) is 5.54 Å². The molecule has 1 aromatic carbocycles. The summed E-state index contributed by atoms with van der Waals surface area (Å²) in [6.07, 6.45) is 19.1. The molecule has 0 heterocycles. The van der Waals surface area contributed by atoms with Gasteiger partial charge in [0.15, 0.2) is 0 Å². The summed E-state index contributed by atoms with van der Waals surface area (Å²) in [7, 11) is 0. The first kappa shape index (κ1) is 24.0. The van der Waals surface area contributed by atoms with E-state index in [4.69, 9.17) is 10.5 Å². The lowest BCUT2D eigenvalue weighted by Gasteiger charge is -2.31. The zero-order valence-electron chi connectivity index (χ0n) is 18.3. The van der Waals surface area contributed by atoms with Gasteiger partial charge in [0.2, 0.25) is 0 Å². The largest absolute Gasteiger partial charge is 0.489 e. The number of unbranched alkanes of at least 4 members (excludes halogenated alkanes) is 12. The molecule has 0 amide bonds. The summed E-state index contributed by atoms with van der Waals surface area (Å²) in [6, 6.07) is 10.1. The Morgan fingerprint density at radius 1 is 0.741 bits per heavy atom. The van der Waals surface area contributed by atoms with E-state index in [0.717, 1.165) is 12.2 Å². The SMILES string of the molecule is CCCCCCCCCCCCCCCC(Oc1ccccc1)C(C)(C)N. The maximum absolute atomic E-state index is 6.35. The van der Waals surface area contributed by atoms with Crippen LogP contribution in [0.2, 0.25) is 0 Å². The number of nitrogens with two attached hydrogens (primary N) is 1. The molecule has 1 aromatic rings. The summed E-state index contributed by atoms with van der Waals surface area (Å²) in [4.78, 5) is 0. The Morgan fingerprint density at radius 2 is 1.19 bits per heavy atom. The van der Waals surface area contributed by atoms with Crippen molar-refractivity contribution < 1.29 is 4.74 Å². The van der Waals surface area contributed by atoms with Gasteiger partial charge in [0.1, 0.15) is 11.9 Å². The lowest BCUT2D eigenvalue weighted by molar-refractivity contribution is 0.117. The molecule has 0 fully saturated rings. The van der Waals surface area contributed by atoms with Gasteiger partial charge in [0.05, 0.1) is 0 Å². The Labute approximate surface area is 169 Å². The van der Waals surface area contributed by atoms with E-state index in [9.17, 15) is 0 Å². The molecule has 1 unspecified atom stereocenters. The zero-order valence-corrected chi connectivity index (χ0v) is 18.3. The van der Waals surface area contributed by atoms with Gasteiger partial charge in [-0.2, -0.15) is 0 Å². The highest BCUT2D eigenvalue weighted by molar-refractivity contribution is 5.21. The van der Waals surface area contributed by atoms with Crippen LogP contribution < -0.4 is 10.5 Å². The van der Waals surface area contributed by atoms with Crippen molar-refractivity contribution in [1.29, 1.82) is 0 Å². The van der Waals surface area contributed by atoms with E-state index in [-0.39, 0.29) is 11.6 Å². The molecule has 2 nitrogen and oxygen atoms in total. The van der Waals surface area contributed by atoms with Crippen molar-refractivity contribution in [1.82, 2.24) is 0 Å².